The van der Waals surface area contributed by atoms with Gasteiger partial charge in [-0.3, -0.25) is 4.79 Å². The van der Waals surface area contributed by atoms with Crippen LogP contribution in [0.25, 0.3) is 0 Å². The maximum atomic E-state index is 12.0. The molecule has 15 heavy (non-hydrogen) atoms. The van der Waals surface area contributed by atoms with Gasteiger partial charge in [0, 0.05) is 7.05 Å². The van der Waals surface area contributed by atoms with Gasteiger partial charge < -0.3 is 15.4 Å². The van der Waals surface area contributed by atoms with Crippen molar-refractivity contribution in [1.82, 2.24) is 4.90 Å². The Balaban J connectivity index is 2.56. The van der Waals surface area contributed by atoms with Crippen molar-refractivity contribution in [2.45, 2.75) is 32.4 Å². The van der Waals surface area contributed by atoms with Gasteiger partial charge in [-0.1, -0.05) is 12.2 Å². The molecule has 5 heteroatoms. The lowest BCUT2D eigenvalue weighted by molar-refractivity contribution is -0.134. The van der Waals surface area contributed by atoms with Crippen molar-refractivity contribution in [3.8, 4) is 0 Å². The minimum absolute atomic E-state index is 0.0400. The minimum Gasteiger partial charge on any atom is -0.392 e. The van der Waals surface area contributed by atoms with Crippen LogP contribution in [-0.2, 0) is 9.53 Å². The SMILES string of the molecule is CC1CC(C(=O)N(C)C(C)C(N)=S)CO1. The zero-order chi connectivity index (χ0) is 11.6. The summed E-state index contributed by atoms with van der Waals surface area (Å²) in [5.74, 6) is 0.0291. The Bertz CT molecular complexity index is 270. The van der Waals surface area contributed by atoms with Crippen LogP contribution in [0, 0.1) is 5.92 Å². The average molecular weight is 230 g/mol. The van der Waals surface area contributed by atoms with Crippen molar-refractivity contribution < 1.29 is 9.53 Å². The third-order valence-corrected chi connectivity index (χ3v) is 3.23. The average Bonchev–Trinajstić information content (AvgIpc) is 2.61. The summed E-state index contributed by atoms with van der Waals surface area (Å²) >= 11 is 4.86. The normalized spacial score (nSPS) is 27.4. The molecule has 1 aliphatic rings. The second kappa shape index (κ2) is 4.90. The first-order valence-electron chi connectivity index (χ1n) is 5.11. The number of nitrogens with two attached hydrogens (primary N) is 1. The van der Waals surface area contributed by atoms with E-state index in [1.54, 1.807) is 11.9 Å². The van der Waals surface area contributed by atoms with E-state index >= 15 is 0 Å². The van der Waals surface area contributed by atoms with E-state index in [4.69, 9.17) is 22.7 Å². The third kappa shape index (κ3) is 2.89. The van der Waals surface area contributed by atoms with Crippen LogP contribution in [0.4, 0.5) is 0 Å². The summed E-state index contributed by atoms with van der Waals surface area (Å²) in [6.07, 6.45) is 0.959. The summed E-state index contributed by atoms with van der Waals surface area (Å²) < 4.78 is 5.37. The van der Waals surface area contributed by atoms with E-state index in [1.807, 2.05) is 13.8 Å². The summed E-state index contributed by atoms with van der Waals surface area (Å²) in [6.45, 7) is 4.32. The predicted molar refractivity (Wildman–Crippen MR) is 62.5 cm³/mol. The van der Waals surface area contributed by atoms with Gasteiger partial charge in [0.2, 0.25) is 5.91 Å². The molecular formula is C10H18N2O2S. The van der Waals surface area contributed by atoms with Crippen molar-refractivity contribution in [3.63, 3.8) is 0 Å². The van der Waals surface area contributed by atoms with Gasteiger partial charge in [0.05, 0.1) is 29.7 Å². The number of carbonyl (C=O) groups excluding carboxylic acids is 1. The fourth-order valence-corrected chi connectivity index (χ4v) is 1.82. The quantitative estimate of drug-likeness (QED) is 0.719. The molecule has 1 rings (SSSR count). The zero-order valence-corrected chi connectivity index (χ0v) is 10.2. The van der Waals surface area contributed by atoms with Crippen molar-refractivity contribution in [3.05, 3.63) is 0 Å². The molecule has 0 aromatic heterocycles. The van der Waals surface area contributed by atoms with Gasteiger partial charge in [0.15, 0.2) is 0 Å². The standard InChI is InChI=1S/C10H18N2O2S/c1-6-4-8(5-14-6)10(13)12(3)7(2)9(11)15/h6-8H,4-5H2,1-3H3,(H2,11,15). The Morgan fingerprint density at radius 1 is 1.67 bits per heavy atom. The number of carbonyl (C=O) groups is 1. The van der Waals surface area contributed by atoms with Crippen LogP contribution in [0.3, 0.4) is 0 Å². The van der Waals surface area contributed by atoms with E-state index in [1.165, 1.54) is 0 Å². The molecule has 86 valence electrons. The molecular weight excluding hydrogens is 212 g/mol. The van der Waals surface area contributed by atoms with Crippen LogP contribution in [0.15, 0.2) is 0 Å². The van der Waals surface area contributed by atoms with Crippen LogP contribution >= 0.6 is 12.2 Å². The lowest BCUT2D eigenvalue weighted by Crippen LogP contribution is -2.45. The van der Waals surface area contributed by atoms with E-state index in [9.17, 15) is 4.79 Å². The first-order chi connectivity index (χ1) is 6.93. The molecule has 0 aromatic rings. The molecule has 0 bridgehead atoms. The fourth-order valence-electron chi connectivity index (χ4n) is 1.66. The van der Waals surface area contributed by atoms with Crippen LogP contribution in [0.5, 0.6) is 0 Å². The summed E-state index contributed by atoms with van der Waals surface area (Å²) in [4.78, 5) is 13.9. The highest BCUT2D eigenvalue weighted by Gasteiger charge is 2.32. The molecule has 1 aliphatic heterocycles. The molecule has 1 fully saturated rings. The highest BCUT2D eigenvalue weighted by molar-refractivity contribution is 7.80. The summed E-state index contributed by atoms with van der Waals surface area (Å²) in [6, 6.07) is -0.191. The smallest absolute Gasteiger partial charge is 0.228 e. The van der Waals surface area contributed by atoms with Gasteiger partial charge >= 0.3 is 0 Å². The monoisotopic (exact) mass is 230 g/mol. The van der Waals surface area contributed by atoms with Gasteiger partial charge in [-0.2, -0.15) is 0 Å². The second-order valence-electron chi connectivity index (χ2n) is 4.10. The van der Waals surface area contributed by atoms with E-state index in [0.29, 0.717) is 11.6 Å². The number of rotatable bonds is 3. The van der Waals surface area contributed by atoms with Crippen LogP contribution in [0.1, 0.15) is 20.3 Å². The van der Waals surface area contributed by atoms with Gasteiger partial charge in [-0.15, -0.1) is 0 Å². The maximum Gasteiger partial charge on any atom is 0.228 e. The summed E-state index contributed by atoms with van der Waals surface area (Å²) in [5, 5.41) is 0. The van der Waals surface area contributed by atoms with Crippen LogP contribution < -0.4 is 5.73 Å². The van der Waals surface area contributed by atoms with Gasteiger partial charge in [-0.25, -0.2) is 0 Å². The second-order valence-corrected chi connectivity index (χ2v) is 4.58. The Kier molecular flexibility index (Phi) is 4.04. The first kappa shape index (κ1) is 12.4. The largest absolute Gasteiger partial charge is 0.392 e. The number of amides is 1. The fraction of sp³-hybridized carbons (Fsp3) is 0.800. The Morgan fingerprint density at radius 2 is 2.27 bits per heavy atom. The Morgan fingerprint density at radius 3 is 2.67 bits per heavy atom. The summed E-state index contributed by atoms with van der Waals surface area (Å²) in [5.41, 5.74) is 5.51. The molecule has 1 amide bonds. The number of nitrogens with zero attached hydrogens (tertiary/aromatic N) is 1. The minimum atomic E-state index is -0.191. The van der Waals surface area contributed by atoms with Crippen LogP contribution in [-0.4, -0.2) is 41.6 Å². The molecule has 3 atom stereocenters. The van der Waals surface area contributed by atoms with E-state index in [2.05, 4.69) is 0 Å². The molecule has 1 saturated heterocycles. The molecule has 1 heterocycles. The Labute approximate surface area is 95.8 Å². The highest BCUT2D eigenvalue weighted by Crippen LogP contribution is 2.21. The lowest BCUT2D eigenvalue weighted by atomic mass is 10.0. The number of ether oxygens (including phenoxy) is 1. The van der Waals surface area contributed by atoms with Crippen molar-refractivity contribution in [1.29, 1.82) is 0 Å². The highest BCUT2D eigenvalue weighted by atomic mass is 32.1. The molecule has 2 N–H and O–H groups in total. The zero-order valence-electron chi connectivity index (χ0n) is 9.40. The molecule has 0 saturated carbocycles. The number of likely N-dealkylation sites (N-methyl/N-ethyl adjacent to an activating group) is 1. The van der Waals surface area contributed by atoms with Crippen molar-refractivity contribution in [2.75, 3.05) is 13.7 Å². The molecule has 0 aliphatic carbocycles. The molecule has 4 nitrogen and oxygen atoms in total. The van der Waals surface area contributed by atoms with Gasteiger partial charge in [-0.05, 0) is 20.3 Å². The first-order valence-corrected chi connectivity index (χ1v) is 5.52. The lowest BCUT2D eigenvalue weighted by Gasteiger charge is -2.26. The molecule has 0 radical (unpaired) electrons. The van der Waals surface area contributed by atoms with Gasteiger partial charge in [0.25, 0.3) is 0 Å². The van der Waals surface area contributed by atoms with E-state index in [-0.39, 0.29) is 24.0 Å². The molecule has 3 unspecified atom stereocenters. The third-order valence-electron chi connectivity index (χ3n) is 2.89. The number of hydrogen-bond donors (Lipinski definition) is 1. The molecule has 0 spiro atoms. The Hall–Kier alpha value is -0.680. The van der Waals surface area contributed by atoms with Crippen molar-refractivity contribution >= 4 is 23.1 Å². The summed E-state index contributed by atoms with van der Waals surface area (Å²) in [7, 11) is 1.73. The van der Waals surface area contributed by atoms with Crippen molar-refractivity contribution in [2.24, 2.45) is 11.7 Å². The van der Waals surface area contributed by atoms with E-state index < -0.39 is 0 Å². The van der Waals surface area contributed by atoms with Crippen LogP contribution in [0.2, 0.25) is 0 Å². The molecule has 0 aromatic carbocycles. The predicted octanol–water partition coefficient (Wildman–Crippen LogP) is 0.544. The maximum absolute atomic E-state index is 12.0. The van der Waals surface area contributed by atoms with Gasteiger partial charge in [0.1, 0.15) is 0 Å². The number of hydrogen-bond acceptors (Lipinski definition) is 3. The topological polar surface area (TPSA) is 55.6 Å². The van der Waals surface area contributed by atoms with E-state index in [0.717, 1.165) is 6.42 Å². The number of thiocarbonyl (C=S) groups is 1.